The molecule has 1 aliphatic heterocycles. The summed E-state index contributed by atoms with van der Waals surface area (Å²) in [6.45, 7) is 2.04. The largest absolute Gasteiger partial charge is 0.387 e. The Hall–Kier alpha value is -1.85. The van der Waals surface area contributed by atoms with Gasteiger partial charge in [-0.1, -0.05) is 12.1 Å². The first kappa shape index (κ1) is 16.0. The number of aromatic nitrogens is 1. The van der Waals surface area contributed by atoms with Crippen LogP contribution in [0.3, 0.4) is 0 Å². The van der Waals surface area contributed by atoms with Crippen molar-refractivity contribution in [2.24, 2.45) is 5.92 Å². The van der Waals surface area contributed by atoms with Crippen LogP contribution in [0.25, 0.3) is 0 Å². The van der Waals surface area contributed by atoms with Gasteiger partial charge < -0.3 is 5.11 Å². The summed E-state index contributed by atoms with van der Waals surface area (Å²) < 4.78 is 26.7. The van der Waals surface area contributed by atoms with Crippen molar-refractivity contribution in [2.75, 3.05) is 13.1 Å². The first-order valence-electron chi connectivity index (χ1n) is 7.89. The SMILES string of the molecule is O[C@@H](c1ccccn1)C1CCN(Cc2ccc(F)cc2F)CC1. The first-order valence-corrected chi connectivity index (χ1v) is 7.89. The molecule has 5 heteroatoms. The molecule has 0 aliphatic carbocycles. The third-order valence-corrected chi connectivity index (χ3v) is 4.48. The summed E-state index contributed by atoms with van der Waals surface area (Å²) in [4.78, 5) is 6.35. The van der Waals surface area contributed by atoms with E-state index >= 15 is 0 Å². The quantitative estimate of drug-likeness (QED) is 0.939. The van der Waals surface area contributed by atoms with Gasteiger partial charge >= 0.3 is 0 Å². The van der Waals surface area contributed by atoms with Crippen molar-refractivity contribution in [3.05, 3.63) is 65.5 Å². The van der Waals surface area contributed by atoms with E-state index in [1.54, 1.807) is 6.20 Å². The number of aliphatic hydroxyl groups is 1. The number of hydrogen-bond acceptors (Lipinski definition) is 3. The minimum absolute atomic E-state index is 0.166. The second kappa shape index (κ2) is 7.15. The van der Waals surface area contributed by atoms with E-state index in [0.717, 1.165) is 32.0 Å². The molecule has 1 aliphatic rings. The van der Waals surface area contributed by atoms with Crippen LogP contribution in [0.2, 0.25) is 0 Å². The summed E-state index contributed by atoms with van der Waals surface area (Å²) in [5, 5.41) is 10.4. The van der Waals surface area contributed by atoms with Gasteiger partial charge in [0, 0.05) is 24.4 Å². The Morgan fingerprint density at radius 2 is 1.96 bits per heavy atom. The molecule has 1 aromatic heterocycles. The van der Waals surface area contributed by atoms with E-state index < -0.39 is 17.7 Å². The van der Waals surface area contributed by atoms with Crippen LogP contribution in [0.1, 0.15) is 30.2 Å². The standard InChI is InChI=1S/C18H20F2N2O/c19-15-5-4-14(16(20)11-15)12-22-9-6-13(7-10-22)18(23)17-3-1-2-8-21-17/h1-5,8,11,13,18,23H,6-7,9-10,12H2/t18-/m1/s1. The molecule has 0 spiro atoms. The number of pyridine rings is 1. The van der Waals surface area contributed by atoms with Crippen LogP contribution in [0.4, 0.5) is 8.78 Å². The van der Waals surface area contributed by atoms with Gasteiger partial charge in [-0.25, -0.2) is 8.78 Å². The van der Waals surface area contributed by atoms with Gasteiger partial charge in [0.05, 0.1) is 11.8 Å². The summed E-state index contributed by atoms with van der Waals surface area (Å²) in [5.74, 6) is -0.886. The fraction of sp³-hybridized carbons (Fsp3) is 0.389. The normalized spacial score (nSPS) is 18.0. The smallest absolute Gasteiger partial charge is 0.130 e. The molecule has 0 saturated carbocycles. The molecule has 0 unspecified atom stereocenters. The van der Waals surface area contributed by atoms with E-state index in [4.69, 9.17) is 0 Å². The number of nitrogens with zero attached hydrogens (tertiary/aromatic N) is 2. The molecule has 23 heavy (non-hydrogen) atoms. The molecule has 3 nitrogen and oxygen atoms in total. The number of hydrogen-bond donors (Lipinski definition) is 1. The van der Waals surface area contributed by atoms with Crippen LogP contribution in [0.15, 0.2) is 42.6 Å². The Balaban J connectivity index is 1.56. The molecule has 1 atom stereocenters. The van der Waals surface area contributed by atoms with Crippen molar-refractivity contribution >= 4 is 0 Å². The fourth-order valence-corrected chi connectivity index (χ4v) is 3.11. The molecule has 0 radical (unpaired) electrons. The molecule has 1 fully saturated rings. The Kier molecular flexibility index (Phi) is 4.98. The van der Waals surface area contributed by atoms with Crippen LogP contribution in [0, 0.1) is 17.6 Å². The maximum absolute atomic E-state index is 13.7. The molecule has 0 amide bonds. The molecule has 1 aromatic carbocycles. The van der Waals surface area contributed by atoms with E-state index in [1.807, 2.05) is 18.2 Å². The minimum atomic E-state index is -0.555. The Morgan fingerprint density at radius 3 is 2.61 bits per heavy atom. The Morgan fingerprint density at radius 1 is 1.17 bits per heavy atom. The molecular weight excluding hydrogens is 298 g/mol. The number of halogens is 2. The maximum Gasteiger partial charge on any atom is 0.130 e. The number of aliphatic hydroxyl groups excluding tert-OH is 1. The topological polar surface area (TPSA) is 36.4 Å². The minimum Gasteiger partial charge on any atom is -0.387 e. The van der Waals surface area contributed by atoms with Crippen molar-refractivity contribution in [3.8, 4) is 0 Å². The molecule has 2 heterocycles. The summed E-state index contributed by atoms with van der Waals surface area (Å²) in [6, 6.07) is 9.25. The number of piperidine rings is 1. The van der Waals surface area contributed by atoms with Crippen LogP contribution < -0.4 is 0 Å². The highest BCUT2D eigenvalue weighted by atomic mass is 19.1. The molecular formula is C18H20F2N2O. The van der Waals surface area contributed by atoms with E-state index in [2.05, 4.69) is 9.88 Å². The third kappa shape index (κ3) is 3.92. The first-order chi connectivity index (χ1) is 11.1. The Labute approximate surface area is 134 Å². The van der Waals surface area contributed by atoms with E-state index in [1.165, 1.54) is 12.1 Å². The van der Waals surface area contributed by atoms with Crippen molar-refractivity contribution in [1.29, 1.82) is 0 Å². The van der Waals surface area contributed by atoms with Crippen molar-refractivity contribution in [3.63, 3.8) is 0 Å². The van der Waals surface area contributed by atoms with Gasteiger partial charge in [0.2, 0.25) is 0 Å². The van der Waals surface area contributed by atoms with Crippen LogP contribution in [0.5, 0.6) is 0 Å². The van der Waals surface area contributed by atoms with Gasteiger partial charge in [-0.05, 0) is 50.0 Å². The zero-order valence-corrected chi connectivity index (χ0v) is 12.8. The predicted molar refractivity (Wildman–Crippen MR) is 83.6 cm³/mol. The molecule has 1 saturated heterocycles. The number of benzene rings is 1. The highest BCUT2D eigenvalue weighted by Gasteiger charge is 2.27. The lowest BCUT2D eigenvalue weighted by molar-refractivity contribution is 0.0537. The Bertz CT molecular complexity index is 643. The average molecular weight is 318 g/mol. The lowest BCUT2D eigenvalue weighted by atomic mass is 9.89. The average Bonchev–Trinajstić information content (AvgIpc) is 2.58. The summed E-state index contributed by atoms with van der Waals surface area (Å²) in [5.41, 5.74) is 1.21. The molecule has 0 bridgehead atoms. The van der Waals surface area contributed by atoms with E-state index in [-0.39, 0.29) is 5.92 Å². The van der Waals surface area contributed by atoms with Crippen molar-refractivity contribution < 1.29 is 13.9 Å². The number of rotatable bonds is 4. The zero-order chi connectivity index (χ0) is 16.2. The monoisotopic (exact) mass is 318 g/mol. The van der Waals surface area contributed by atoms with Crippen LogP contribution in [-0.4, -0.2) is 28.1 Å². The van der Waals surface area contributed by atoms with Gasteiger partial charge in [-0.2, -0.15) is 0 Å². The molecule has 2 aromatic rings. The van der Waals surface area contributed by atoms with E-state index in [0.29, 0.717) is 17.8 Å². The molecule has 3 rings (SSSR count). The van der Waals surface area contributed by atoms with Gasteiger partial charge in [0.1, 0.15) is 11.6 Å². The highest BCUT2D eigenvalue weighted by Crippen LogP contribution is 2.30. The van der Waals surface area contributed by atoms with Crippen LogP contribution in [-0.2, 0) is 6.54 Å². The second-order valence-corrected chi connectivity index (χ2v) is 6.05. The predicted octanol–water partition coefficient (Wildman–Crippen LogP) is 3.31. The van der Waals surface area contributed by atoms with Gasteiger partial charge in [0.15, 0.2) is 0 Å². The summed E-state index contributed by atoms with van der Waals surface area (Å²) in [7, 11) is 0. The third-order valence-electron chi connectivity index (χ3n) is 4.48. The van der Waals surface area contributed by atoms with Gasteiger partial charge in [0.25, 0.3) is 0 Å². The maximum atomic E-state index is 13.7. The van der Waals surface area contributed by atoms with E-state index in [9.17, 15) is 13.9 Å². The van der Waals surface area contributed by atoms with Crippen molar-refractivity contribution in [1.82, 2.24) is 9.88 Å². The lowest BCUT2D eigenvalue weighted by Crippen LogP contribution is -2.35. The number of likely N-dealkylation sites (tertiary alicyclic amines) is 1. The fourth-order valence-electron chi connectivity index (χ4n) is 3.11. The summed E-state index contributed by atoms with van der Waals surface area (Å²) >= 11 is 0. The lowest BCUT2D eigenvalue weighted by Gasteiger charge is -2.34. The van der Waals surface area contributed by atoms with Gasteiger partial charge in [-0.3, -0.25) is 9.88 Å². The van der Waals surface area contributed by atoms with Crippen molar-refractivity contribution in [2.45, 2.75) is 25.5 Å². The molecule has 1 N–H and O–H groups in total. The molecule has 122 valence electrons. The van der Waals surface area contributed by atoms with Crippen LogP contribution >= 0.6 is 0 Å². The van der Waals surface area contributed by atoms with Gasteiger partial charge in [-0.15, -0.1) is 0 Å². The second-order valence-electron chi connectivity index (χ2n) is 6.05. The zero-order valence-electron chi connectivity index (χ0n) is 12.8. The highest BCUT2D eigenvalue weighted by molar-refractivity contribution is 5.18. The summed E-state index contributed by atoms with van der Waals surface area (Å²) in [6.07, 6.45) is 2.80.